The average molecular weight is 490 g/mol. The largest absolute Gasteiger partial charge is 0.444 e. The molecule has 1 fully saturated rings. The molecule has 1 saturated heterocycles. The number of hydrogen-bond acceptors (Lipinski definition) is 5. The van der Waals surface area contributed by atoms with Gasteiger partial charge < -0.3 is 20.1 Å². The topological polar surface area (TPSA) is 102 Å². The first-order valence-corrected chi connectivity index (χ1v) is 11.2. The van der Waals surface area contributed by atoms with E-state index < -0.39 is 42.3 Å². The van der Waals surface area contributed by atoms with Gasteiger partial charge in [-0.1, -0.05) is 24.3 Å². The van der Waals surface area contributed by atoms with E-state index in [4.69, 9.17) is 15.2 Å². The summed E-state index contributed by atoms with van der Waals surface area (Å²) >= 11 is 0. The number of hydrogen-bond donors (Lipinski definition) is 1. The van der Waals surface area contributed by atoms with Crippen molar-refractivity contribution in [1.29, 1.82) is 0 Å². The summed E-state index contributed by atoms with van der Waals surface area (Å²) in [4.78, 5) is 38.3. The van der Waals surface area contributed by atoms with E-state index in [9.17, 15) is 23.2 Å². The Morgan fingerprint density at radius 3 is 2.43 bits per heavy atom. The Kier molecular flexibility index (Phi) is 7.93. The smallest absolute Gasteiger partial charge is 0.415 e. The Labute approximate surface area is 202 Å². The van der Waals surface area contributed by atoms with Gasteiger partial charge in [-0.05, 0) is 56.5 Å². The molecule has 0 spiro atoms. The number of anilines is 1. The van der Waals surface area contributed by atoms with E-state index in [0.717, 1.165) is 10.5 Å². The van der Waals surface area contributed by atoms with E-state index in [2.05, 4.69) is 0 Å². The number of nitrogens with two attached hydrogens (primary N) is 1. The van der Waals surface area contributed by atoms with Crippen molar-refractivity contribution in [2.75, 3.05) is 24.7 Å². The summed E-state index contributed by atoms with van der Waals surface area (Å²) in [6, 6.07) is 11.2. The summed E-state index contributed by atoms with van der Waals surface area (Å²) in [5.74, 6) is -1.34. The lowest BCUT2D eigenvalue weighted by Crippen LogP contribution is -2.37. The highest BCUT2D eigenvalue weighted by Gasteiger charge is 2.36. The molecule has 2 N–H and O–H groups in total. The number of halogens is 2. The summed E-state index contributed by atoms with van der Waals surface area (Å²) in [6.45, 7) is 5.07. The van der Waals surface area contributed by atoms with Crippen LogP contribution in [0.3, 0.4) is 0 Å². The fourth-order valence-electron chi connectivity index (χ4n) is 3.55. The van der Waals surface area contributed by atoms with Gasteiger partial charge in [0.25, 0.3) is 5.91 Å². The zero-order valence-corrected chi connectivity index (χ0v) is 19.9. The number of ether oxygens (including phenoxy) is 2. The van der Waals surface area contributed by atoms with Crippen molar-refractivity contribution in [3.05, 3.63) is 53.8 Å². The van der Waals surface area contributed by atoms with E-state index in [0.29, 0.717) is 11.1 Å². The molecule has 1 heterocycles. The first-order valence-electron chi connectivity index (χ1n) is 11.2. The van der Waals surface area contributed by atoms with Gasteiger partial charge in [-0.25, -0.2) is 14.0 Å². The lowest BCUT2D eigenvalue weighted by atomic mass is 10.0. The monoisotopic (exact) mass is 489 g/mol. The highest BCUT2D eigenvalue weighted by atomic mass is 19.1. The third-order valence-corrected chi connectivity index (χ3v) is 5.25. The van der Waals surface area contributed by atoms with Crippen LogP contribution >= 0.6 is 0 Å². The van der Waals surface area contributed by atoms with Crippen LogP contribution in [-0.2, 0) is 20.8 Å². The van der Waals surface area contributed by atoms with Crippen LogP contribution in [0.15, 0.2) is 42.5 Å². The minimum atomic E-state index is -1.08. The fourth-order valence-corrected chi connectivity index (χ4v) is 3.55. The zero-order valence-electron chi connectivity index (χ0n) is 19.9. The predicted molar refractivity (Wildman–Crippen MR) is 126 cm³/mol. The van der Waals surface area contributed by atoms with Crippen LogP contribution in [0, 0.1) is 5.82 Å². The van der Waals surface area contributed by atoms with E-state index in [-0.39, 0.29) is 31.7 Å². The summed E-state index contributed by atoms with van der Waals surface area (Å²) in [5, 5.41) is 0. The minimum absolute atomic E-state index is 0.0851. The van der Waals surface area contributed by atoms with E-state index in [1.54, 1.807) is 51.1 Å². The van der Waals surface area contributed by atoms with Gasteiger partial charge >= 0.3 is 12.2 Å². The molecular formula is C25H29F2N3O5. The van der Waals surface area contributed by atoms with Crippen LogP contribution in [-0.4, -0.2) is 54.5 Å². The number of amides is 3. The number of carbonyl (C=O) groups excluding carboxylic acids is 3. The molecule has 0 radical (unpaired) electrons. The Morgan fingerprint density at radius 2 is 1.89 bits per heavy atom. The molecule has 8 nitrogen and oxygen atoms in total. The minimum Gasteiger partial charge on any atom is -0.444 e. The van der Waals surface area contributed by atoms with Crippen LogP contribution < -0.4 is 10.6 Å². The van der Waals surface area contributed by atoms with Crippen molar-refractivity contribution in [3.63, 3.8) is 0 Å². The van der Waals surface area contributed by atoms with Gasteiger partial charge in [-0.15, -0.1) is 0 Å². The average Bonchev–Trinajstić information content (AvgIpc) is 3.18. The normalized spacial score (nSPS) is 15.6. The summed E-state index contributed by atoms with van der Waals surface area (Å²) < 4.78 is 37.9. The van der Waals surface area contributed by atoms with Crippen molar-refractivity contribution in [2.24, 2.45) is 5.73 Å². The molecular weight excluding hydrogens is 460 g/mol. The SMILES string of the molecule is CC(C)(C)OC(=O)N(CCCF)Cc1ccc(-c2ccc(N3C[C@H](C(N)=O)OC3=O)cc2F)cc1. The quantitative estimate of drug-likeness (QED) is 0.592. The Bertz CT molecular complexity index is 1090. The van der Waals surface area contributed by atoms with Crippen LogP contribution in [0.25, 0.3) is 11.1 Å². The maximum atomic E-state index is 14.9. The predicted octanol–water partition coefficient (Wildman–Crippen LogP) is 4.40. The molecule has 3 rings (SSSR count). The second-order valence-electron chi connectivity index (χ2n) is 9.19. The first kappa shape index (κ1) is 25.9. The Morgan fingerprint density at radius 1 is 1.20 bits per heavy atom. The van der Waals surface area contributed by atoms with Gasteiger partial charge in [0, 0.05) is 18.7 Å². The molecule has 0 saturated carbocycles. The maximum absolute atomic E-state index is 14.9. The first-order chi connectivity index (χ1) is 16.5. The molecule has 0 unspecified atom stereocenters. The molecule has 1 aliphatic rings. The van der Waals surface area contributed by atoms with Crippen LogP contribution in [0.2, 0.25) is 0 Å². The number of carbonyl (C=O) groups is 3. The number of rotatable bonds is 8. The molecule has 0 bridgehead atoms. The highest BCUT2D eigenvalue weighted by Crippen LogP contribution is 2.29. The van der Waals surface area contributed by atoms with Crippen LogP contribution in [0.4, 0.5) is 24.1 Å². The molecule has 0 aliphatic carbocycles. The third kappa shape index (κ3) is 6.68. The summed E-state index contributed by atoms with van der Waals surface area (Å²) in [5.41, 5.74) is 6.41. The number of benzene rings is 2. The lowest BCUT2D eigenvalue weighted by Gasteiger charge is -2.27. The molecule has 0 aromatic heterocycles. The highest BCUT2D eigenvalue weighted by molar-refractivity contribution is 5.95. The molecule has 1 aliphatic heterocycles. The lowest BCUT2D eigenvalue weighted by molar-refractivity contribution is -0.124. The number of primary amides is 1. The summed E-state index contributed by atoms with van der Waals surface area (Å²) in [7, 11) is 0. The van der Waals surface area contributed by atoms with Crippen molar-refractivity contribution >= 4 is 23.8 Å². The fraction of sp³-hybridized carbons (Fsp3) is 0.400. The third-order valence-electron chi connectivity index (χ3n) is 5.25. The molecule has 1 atom stereocenters. The van der Waals surface area contributed by atoms with Gasteiger partial charge in [0.2, 0.25) is 0 Å². The van der Waals surface area contributed by atoms with Crippen molar-refractivity contribution < 1.29 is 32.6 Å². The van der Waals surface area contributed by atoms with E-state index in [1.165, 1.54) is 17.0 Å². The van der Waals surface area contributed by atoms with Gasteiger partial charge in [-0.2, -0.15) is 0 Å². The number of alkyl halides is 1. The van der Waals surface area contributed by atoms with E-state index >= 15 is 0 Å². The van der Waals surface area contributed by atoms with E-state index in [1.807, 2.05) is 0 Å². The van der Waals surface area contributed by atoms with Gasteiger partial charge in [0.15, 0.2) is 6.10 Å². The van der Waals surface area contributed by atoms with Crippen molar-refractivity contribution in [3.8, 4) is 11.1 Å². The van der Waals surface area contributed by atoms with Crippen molar-refractivity contribution in [1.82, 2.24) is 4.90 Å². The van der Waals surface area contributed by atoms with Gasteiger partial charge in [0.1, 0.15) is 11.4 Å². The molecule has 2 aromatic carbocycles. The Balaban J connectivity index is 1.73. The zero-order chi connectivity index (χ0) is 25.8. The number of nitrogens with zero attached hydrogens (tertiary/aromatic N) is 2. The number of cyclic esters (lactones) is 1. The van der Waals surface area contributed by atoms with Crippen molar-refractivity contribution in [2.45, 2.75) is 45.4 Å². The van der Waals surface area contributed by atoms with Crippen LogP contribution in [0.1, 0.15) is 32.8 Å². The van der Waals surface area contributed by atoms with Crippen LogP contribution in [0.5, 0.6) is 0 Å². The van der Waals surface area contributed by atoms with Gasteiger partial charge in [-0.3, -0.25) is 14.1 Å². The second-order valence-corrected chi connectivity index (χ2v) is 9.19. The van der Waals surface area contributed by atoms with Gasteiger partial charge in [0.05, 0.1) is 18.9 Å². The molecule has 188 valence electrons. The Hall–Kier alpha value is -3.69. The molecule has 2 aromatic rings. The molecule has 35 heavy (non-hydrogen) atoms. The standard InChI is InChI=1S/C25H29F2N3O5/c1-25(2,3)35-23(32)29(12-4-11-26)14-16-5-7-17(8-6-16)19-10-9-18(13-20(19)27)30-15-21(22(28)31)34-24(30)33/h5-10,13,21H,4,11-12,14-15H2,1-3H3,(H2,28,31)/t21-/m1/s1. The molecule has 10 heteroatoms. The maximum Gasteiger partial charge on any atom is 0.415 e. The second kappa shape index (κ2) is 10.7. The molecule has 3 amide bonds. The summed E-state index contributed by atoms with van der Waals surface area (Å²) in [6.07, 6.45) is -2.19.